The zero-order valence-corrected chi connectivity index (χ0v) is 15.6. The zero-order chi connectivity index (χ0) is 18.1. The largest absolute Gasteiger partial charge is 0.322 e. The fraction of sp³-hybridized carbons (Fsp3) is 0.0476. The molecule has 0 bridgehead atoms. The molecule has 3 aromatic carbocycles. The van der Waals surface area contributed by atoms with Crippen molar-refractivity contribution in [2.75, 3.05) is 5.32 Å². The van der Waals surface area contributed by atoms with Gasteiger partial charge in [-0.15, -0.1) is 11.3 Å². The first-order valence-electron chi connectivity index (χ1n) is 8.14. The Morgan fingerprint density at radius 2 is 1.81 bits per heavy atom. The van der Waals surface area contributed by atoms with E-state index in [1.807, 2.05) is 37.3 Å². The smallest absolute Gasteiger partial charge is 0.255 e. The summed E-state index contributed by atoms with van der Waals surface area (Å²) in [5.41, 5.74) is 4.40. The Morgan fingerprint density at radius 1 is 1.04 bits per heavy atom. The average molecular weight is 379 g/mol. The molecule has 26 heavy (non-hydrogen) atoms. The van der Waals surface area contributed by atoms with E-state index in [4.69, 9.17) is 11.6 Å². The Bertz CT molecular complexity index is 1070. The maximum absolute atomic E-state index is 12.4. The van der Waals surface area contributed by atoms with Crippen LogP contribution in [0.15, 0.2) is 66.7 Å². The number of nitrogens with one attached hydrogen (secondary N) is 1. The van der Waals surface area contributed by atoms with Gasteiger partial charge in [0.2, 0.25) is 0 Å². The second-order valence-corrected chi connectivity index (χ2v) is 7.44. The molecule has 0 radical (unpaired) electrons. The summed E-state index contributed by atoms with van der Waals surface area (Å²) < 4.78 is 1.17. The highest BCUT2D eigenvalue weighted by molar-refractivity contribution is 7.21. The highest BCUT2D eigenvalue weighted by atomic mass is 35.5. The number of thiazole rings is 1. The first kappa shape index (κ1) is 16.8. The van der Waals surface area contributed by atoms with Gasteiger partial charge < -0.3 is 5.32 Å². The molecule has 0 atom stereocenters. The van der Waals surface area contributed by atoms with Crippen molar-refractivity contribution >= 4 is 44.7 Å². The summed E-state index contributed by atoms with van der Waals surface area (Å²) in [5.74, 6) is -0.155. The molecule has 4 aromatic rings. The summed E-state index contributed by atoms with van der Waals surface area (Å²) in [6.07, 6.45) is 0. The van der Waals surface area contributed by atoms with Gasteiger partial charge >= 0.3 is 0 Å². The van der Waals surface area contributed by atoms with Gasteiger partial charge in [-0.25, -0.2) is 4.98 Å². The SMILES string of the molecule is Cc1cc(-c2nc3ccccc3s2)ccc1NC(=O)c1ccc(Cl)cc1. The van der Waals surface area contributed by atoms with Crippen LogP contribution in [0.5, 0.6) is 0 Å². The predicted molar refractivity (Wildman–Crippen MR) is 109 cm³/mol. The number of carbonyl (C=O) groups excluding carboxylic acids is 1. The highest BCUT2D eigenvalue weighted by Gasteiger charge is 2.10. The van der Waals surface area contributed by atoms with Crippen LogP contribution in [0, 0.1) is 6.92 Å². The Hall–Kier alpha value is -2.69. The molecular weight excluding hydrogens is 364 g/mol. The van der Waals surface area contributed by atoms with E-state index in [-0.39, 0.29) is 5.91 Å². The number of aryl methyl sites for hydroxylation is 1. The second kappa shape index (κ2) is 6.90. The van der Waals surface area contributed by atoms with Crippen molar-refractivity contribution in [2.24, 2.45) is 0 Å². The van der Waals surface area contributed by atoms with Crippen LogP contribution in [-0.4, -0.2) is 10.9 Å². The topological polar surface area (TPSA) is 42.0 Å². The van der Waals surface area contributed by atoms with Gasteiger partial charge in [0.1, 0.15) is 5.01 Å². The van der Waals surface area contributed by atoms with Crippen molar-refractivity contribution in [1.82, 2.24) is 4.98 Å². The van der Waals surface area contributed by atoms with Crippen LogP contribution in [0.2, 0.25) is 5.02 Å². The van der Waals surface area contributed by atoms with Crippen LogP contribution < -0.4 is 5.32 Å². The molecule has 0 aliphatic rings. The molecule has 0 aliphatic carbocycles. The van der Waals surface area contributed by atoms with Gasteiger partial charge in [0.25, 0.3) is 5.91 Å². The monoisotopic (exact) mass is 378 g/mol. The first-order valence-corrected chi connectivity index (χ1v) is 9.33. The maximum atomic E-state index is 12.4. The van der Waals surface area contributed by atoms with Crippen molar-refractivity contribution in [3.63, 3.8) is 0 Å². The number of aromatic nitrogens is 1. The normalized spacial score (nSPS) is 10.8. The molecule has 1 N–H and O–H groups in total. The van der Waals surface area contributed by atoms with E-state index in [9.17, 15) is 4.79 Å². The standard InChI is InChI=1S/C21H15ClN2OS/c1-13-12-15(21-24-18-4-2-3-5-19(18)26-21)8-11-17(13)23-20(25)14-6-9-16(22)10-7-14/h2-12H,1H3,(H,23,25). The lowest BCUT2D eigenvalue weighted by Gasteiger charge is -2.09. The molecule has 3 nitrogen and oxygen atoms in total. The molecule has 0 fully saturated rings. The molecule has 1 amide bonds. The zero-order valence-electron chi connectivity index (χ0n) is 14.0. The van der Waals surface area contributed by atoms with Gasteiger partial charge in [0.05, 0.1) is 10.2 Å². The van der Waals surface area contributed by atoms with Gasteiger partial charge in [0.15, 0.2) is 0 Å². The fourth-order valence-corrected chi connectivity index (χ4v) is 3.82. The second-order valence-electron chi connectivity index (χ2n) is 5.98. The van der Waals surface area contributed by atoms with Crippen molar-refractivity contribution in [2.45, 2.75) is 6.92 Å². The summed E-state index contributed by atoms with van der Waals surface area (Å²) in [5, 5.41) is 4.54. The van der Waals surface area contributed by atoms with Gasteiger partial charge in [-0.3, -0.25) is 4.79 Å². The highest BCUT2D eigenvalue weighted by Crippen LogP contribution is 2.32. The third kappa shape index (κ3) is 3.34. The summed E-state index contributed by atoms with van der Waals surface area (Å²) in [7, 11) is 0. The van der Waals surface area contributed by atoms with E-state index in [0.29, 0.717) is 10.6 Å². The van der Waals surface area contributed by atoms with Gasteiger partial charge in [0, 0.05) is 21.8 Å². The van der Waals surface area contributed by atoms with Crippen LogP contribution >= 0.6 is 22.9 Å². The van der Waals surface area contributed by atoms with Gasteiger partial charge in [-0.1, -0.05) is 23.7 Å². The molecule has 1 heterocycles. The quantitative estimate of drug-likeness (QED) is 0.462. The Balaban J connectivity index is 1.59. The number of benzene rings is 3. The van der Waals surface area contributed by atoms with E-state index >= 15 is 0 Å². The molecule has 0 unspecified atom stereocenters. The van der Waals surface area contributed by atoms with Crippen LogP contribution in [0.25, 0.3) is 20.8 Å². The van der Waals surface area contributed by atoms with Gasteiger partial charge in [-0.2, -0.15) is 0 Å². The Morgan fingerprint density at radius 3 is 2.54 bits per heavy atom. The number of carbonyl (C=O) groups is 1. The van der Waals surface area contributed by atoms with E-state index < -0.39 is 0 Å². The number of fused-ring (bicyclic) bond motifs is 1. The molecular formula is C21H15ClN2OS. The van der Waals surface area contributed by atoms with Crippen molar-refractivity contribution in [3.8, 4) is 10.6 Å². The molecule has 0 aliphatic heterocycles. The molecule has 5 heteroatoms. The Kier molecular flexibility index (Phi) is 4.45. The molecule has 0 spiro atoms. The summed E-state index contributed by atoms with van der Waals surface area (Å²) >= 11 is 7.54. The van der Waals surface area contributed by atoms with Crippen molar-refractivity contribution in [3.05, 3.63) is 82.9 Å². The number of para-hydroxylation sites is 1. The summed E-state index contributed by atoms with van der Waals surface area (Å²) in [6.45, 7) is 1.98. The van der Waals surface area contributed by atoms with Crippen molar-refractivity contribution < 1.29 is 4.79 Å². The molecule has 0 saturated carbocycles. The average Bonchev–Trinajstić information content (AvgIpc) is 3.08. The first-order chi connectivity index (χ1) is 12.6. The fourth-order valence-electron chi connectivity index (χ4n) is 2.73. The number of hydrogen-bond donors (Lipinski definition) is 1. The van der Waals surface area contributed by atoms with E-state index in [1.165, 1.54) is 4.70 Å². The summed E-state index contributed by atoms with van der Waals surface area (Å²) in [6, 6.07) is 20.9. The minimum Gasteiger partial charge on any atom is -0.322 e. The van der Waals surface area contributed by atoms with Crippen LogP contribution in [0.4, 0.5) is 5.69 Å². The molecule has 4 rings (SSSR count). The number of rotatable bonds is 3. The molecule has 1 aromatic heterocycles. The minimum absolute atomic E-state index is 0.155. The van der Waals surface area contributed by atoms with Crippen LogP contribution in [0.1, 0.15) is 15.9 Å². The van der Waals surface area contributed by atoms with Crippen LogP contribution in [0.3, 0.4) is 0 Å². The van der Waals surface area contributed by atoms with E-state index in [1.54, 1.807) is 35.6 Å². The molecule has 128 valence electrons. The van der Waals surface area contributed by atoms with Gasteiger partial charge in [-0.05, 0) is 67.1 Å². The lowest BCUT2D eigenvalue weighted by Crippen LogP contribution is -2.12. The maximum Gasteiger partial charge on any atom is 0.255 e. The number of nitrogens with zero attached hydrogens (tertiary/aromatic N) is 1. The van der Waals surface area contributed by atoms with Crippen LogP contribution in [-0.2, 0) is 0 Å². The summed E-state index contributed by atoms with van der Waals surface area (Å²) in [4.78, 5) is 17.1. The number of halogens is 1. The number of anilines is 1. The van der Waals surface area contributed by atoms with E-state index in [2.05, 4.69) is 22.4 Å². The lowest BCUT2D eigenvalue weighted by molar-refractivity contribution is 0.102. The lowest BCUT2D eigenvalue weighted by atomic mass is 10.1. The Labute approximate surface area is 160 Å². The number of hydrogen-bond acceptors (Lipinski definition) is 3. The van der Waals surface area contributed by atoms with Crippen molar-refractivity contribution in [1.29, 1.82) is 0 Å². The third-order valence-corrected chi connectivity index (χ3v) is 5.46. The third-order valence-electron chi connectivity index (χ3n) is 4.12. The van der Waals surface area contributed by atoms with E-state index in [0.717, 1.165) is 27.3 Å². The predicted octanol–water partition coefficient (Wildman–Crippen LogP) is 6.18. The molecule has 0 saturated heterocycles. The number of amides is 1. The minimum atomic E-state index is -0.155.